The molecule has 1 heterocycles. The average Bonchev–Trinajstić information content (AvgIpc) is 2.91. The highest BCUT2D eigenvalue weighted by Crippen LogP contribution is 2.24. The largest absolute Gasteiger partial charge is 0.444 e. The molecule has 2 rings (SSSR count). The van der Waals surface area contributed by atoms with Crippen LogP contribution >= 0.6 is 23.2 Å². The van der Waals surface area contributed by atoms with E-state index in [1.165, 1.54) is 0 Å². The zero-order valence-corrected chi connectivity index (χ0v) is 15.6. The monoisotopic (exact) mass is 358 g/mol. The summed E-state index contributed by atoms with van der Waals surface area (Å²) in [5.74, 6) is 0. The topological polar surface area (TPSA) is 32.8 Å². The van der Waals surface area contributed by atoms with Gasteiger partial charge in [-0.1, -0.05) is 29.3 Å². The minimum Gasteiger partial charge on any atom is -0.444 e. The smallest absolute Gasteiger partial charge is 0.410 e. The van der Waals surface area contributed by atoms with Crippen LogP contribution in [0.15, 0.2) is 18.2 Å². The number of hydrogen-bond acceptors (Lipinski definition) is 3. The molecule has 1 aromatic carbocycles. The quantitative estimate of drug-likeness (QED) is 0.800. The number of hydrogen-bond donors (Lipinski definition) is 0. The summed E-state index contributed by atoms with van der Waals surface area (Å²) in [6.45, 7) is 7.83. The van der Waals surface area contributed by atoms with Gasteiger partial charge in [-0.2, -0.15) is 0 Å². The lowest BCUT2D eigenvalue weighted by atomic mass is 10.1. The molecule has 0 spiro atoms. The van der Waals surface area contributed by atoms with E-state index in [-0.39, 0.29) is 6.09 Å². The molecular formula is C17H24Cl2N2O2. The van der Waals surface area contributed by atoms with Gasteiger partial charge in [0.2, 0.25) is 0 Å². The fourth-order valence-corrected chi connectivity index (χ4v) is 2.97. The first-order valence-corrected chi connectivity index (χ1v) is 8.53. The highest BCUT2D eigenvalue weighted by Gasteiger charge is 2.31. The van der Waals surface area contributed by atoms with Gasteiger partial charge in [-0.25, -0.2) is 4.79 Å². The van der Waals surface area contributed by atoms with E-state index in [4.69, 9.17) is 27.9 Å². The van der Waals surface area contributed by atoms with Gasteiger partial charge in [0, 0.05) is 25.7 Å². The van der Waals surface area contributed by atoms with Gasteiger partial charge in [-0.3, -0.25) is 4.90 Å². The summed E-state index contributed by atoms with van der Waals surface area (Å²) in [5, 5.41) is 1.13. The SMILES string of the molecule is CN(Cc1ccc(Cl)c(Cl)c1)[C@@H]1CCN(C(=O)OC(C)(C)C)C1. The van der Waals surface area contributed by atoms with Gasteiger partial charge in [0.25, 0.3) is 0 Å². The average molecular weight is 359 g/mol. The summed E-state index contributed by atoms with van der Waals surface area (Å²) in [4.78, 5) is 16.1. The number of halogens is 2. The van der Waals surface area contributed by atoms with Gasteiger partial charge in [0.05, 0.1) is 10.0 Å². The third-order valence-electron chi connectivity index (χ3n) is 3.85. The number of likely N-dealkylation sites (N-methyl/N-ethyl adjacent to an activating group) is 1. The molecule has 1 atom stereocenters. The van der Waals surface area contributed by atoms with Crippen molar-refractivity contribution in [3.8, 4) is 0 Å². The highest BCUT2D eigenvalue weighted by molar-refractivity contribution is 6.42. The number of carbonyl (C=O) groups excluding carboxylic acids is 1. The third-order valence-corrected chi connectivity index (χ3v) is 4.59. The molecule has 128 valence electrons. The lowest BCUT2D eigenvalue weighted by Crippen LogP contribution is -2.38. The molecular weight excluding hydrogens is 335 g/mol. The van der Waals surface area contributed by atoms with Crippen LogP contribution in [0.3, 0.4) is 0 Å². The second-order valence-electron chi connectivity index (χ2n) is 7.03. The second-order valence-corrected chi connectivity index (χ2v) is 7.85. The number of nitrogens with zero attached hydrogens (tertiary/aromatic N) is 2. The third kappa shape index (κ3) is 5.27. The van der Waals surface area contributed by atoms with E-state index in [9.17, 15) is 4.79 Å². The van der Waals surface area contributed by atoms with E-state index in [0.717, 1.165) is 25.1 Å². The molecule has 0 radical (unpaired) electrons. The Kier molecular flexibility index (Phi) is 5.82. The Morgan fingerprint density at radius 1 is 1.35 bits per heavy atom. The predicted octanol–water partition coefficient (Wildman–Crippen LogP) is 4.43. The van der Waals surface area contributed by atoms with Crippen LogP contribution in [0.4, 0.5) is 4.79 Å². The Bertz CT molecular complexity index is 572. The first-order chi connectivity index (χ1) is 10.7. The first-order valence-electron chi connectivity index (χ1n) is 7.78. The van der Waals surface area contributed by atoms with E-state index in [1.807, 2.05) is 39.0 Å². The van der Waals surface area contributed by atoms with Crippen molar-refractivity contribution in [1.82, 2.24) is 9.80 Å². The molecule has 0 saturated carbocycles. The van der Waals surface area contributed by atoms with Crippen LogP contribution < -0.4 is 0 Å². The van der Waals surface area contributed by atoms with E-state index in [2.05, 4.69) is 11.9 Å². The van der Waals surface area contributed by atoms with Gasteiger partial charge in [0.15, 0.2) is 0 Å². The van der Waals surface area contributed by atoms with Gasteiger partial charge in [-0.15, -0.1) is 0 Å². The fourth-order valence-electron chi connectivity index (χ4n) is 2.65. The van der Waals surface area contributed by atoms with Crippen molar-refractivity contribution < 1.29 is 9.53 Å². The maximum atomic E-state index is 12.1. The molecule has 0 bridgehead atoms. The van der Waals surface area contributed by atoms with Crippen molar-refractivity contribution >= 4 is 29.3 Å². The second kappa shape index (κ2) is 7.29. The minimum atomic E-state index is -0.457. The van der Waals surface area contributed by atoms with Crippen molar-refractivity contribution in [3.63, 3.8) is 0 Å². The van der Waals surface area contributed by atoms with Crippen molar-refractivity contribution in [2.45, 2.75) is 45.4 Å². The molecule has 1 aromatic rings. The number of likely N-dealkylation sites (tertiary alicyclic amines) is 1. The number of ether oxygens (including phenoxy) is 1. The van der Waals surface area contributed by atoms with Crippen LogP contribution in [-0.4, -0.2) is 47.7 Å². The first kappa shape index (κ1) is 18.4. The van der Waals surface area contributed by atoms with Crippen LogP contribution in [0.2, 0.25) is 10.0 Å². The highest BCUT2D eigenvalue weighted by atomic mass is 35.5. The molecule has 4 nitrogen and oxygen atoms in total. The molecule has 0 N–H and O–H groups in total. The number of benzene rings is 1. The fraction of sp³-hybridized carbons (Fsp3) is 0.588. The molecule has 1 aliphatic rings. The molecule has 6 heteroatoms. The summed E-state index contributed by atoms with van der Waals surface area (Å²) in [6, 6.07) is 6.00. The Labute approximate surface area is 148 Å². The number of rotatable bonds is 3. The van der Waals surface area contributed by atoms with Crippen LogP contribution in [0, 0.1) is 0 Å². The Morgan fingerprint density at radius 3 is 2.65 bits per heavy atom. The maximum Gasteiger partial charge on any atom is 0.410 e. The van der Waals surface area contributed by atoms with E-state index < -0.39 is 5.60 Å². The molecule has 0 unspecified atom stereocenters. The van der Waals surface area contributed by atoms with Crippen molar-refractivity contribution in [3.05, 3.63) is 33.8 Å². The molecule has 0 aromatic heterocycles. The summed E-state index contributed by atoms with van der Waals surface area (Å²) in [6.07, 6.45) is 0.708. The number of amides is 1. The van der Waals surface area contributed by atoms with Crippen molar-refractivity contribution in [2.75, 3.05) is 20.1 Å². The molecule has 23 heavy (non-hydrogen) atoms. The van der Waals surface area contributed by atoms with Crippen LogP contribution in [0.5, 0.6) is 0 Å². The molecule has 1 aliphatic heterocycles. The standard InChI is InChI=1S/C17H24Cl2N2O2/c1-17(2,3)23-16(22)21-8-7-13(11-21)20(4)10-12-5-6-14(18)15(19)9-12/h5-6,9,13H,7-8,10-11H2,1-4H3/t13-/m1/s1. The van der Waals surface area contributed by atoms with E-state index >= 15 is 0 Å². The van der Waals surface area contributed by atoms with E-state index in [1.54, 1.807) is 4.90 Å². The van der Waals surface area contributed by atoms with Crippen LogP contribution in [-0.2, 0) is 11.3 Å². The normalized spacial score (nSPS) is 18.6. The minimum absolute atomic E-state index is 0.233. The summed E-state index contributed by atoms with van der Waals surface area (Å²) < 4.78 is 5.43. The molecule has 0 aliphatic carbocycles. The summed E-state index contributed by atoms with van der Waals surface area (Å²) >= 11 is 12.0. The Hall–Kier alpha value is -0.970. The van der Waals surface area contributed by atoms with Gasteiger partial charge < -0.3 is 9.64 Å². The summed E-state index contributed by atoms with van der Waals surface area (Å²) in [7, 11) is 2.06. The predicted molar refractivity (Wildman–Crippen MR) is 94.1 cm³/mol. The van der Waals surface area contributed by atoms with Crippen molar-refractivity contribution in [2.24, 2.45) is 0 Å². The number of carbonyl (C=O) groups is 1. The van der Waals surface area contributed by atoms with Crippen LogP contribution in [0.1, 0.15) is 32.8 Å². The molecule has 1 fully saturated rings. The lowest BCUT2D eigenvalue weighted by molar-refractivity contribution is 0.0282. The van der Waals surface area contributed by atoms with Gasteiger partial charge >= 0.3 is 6.09 Å². The lowest BCUT2D eigenvalue weighted by Gasteiger charge is -2.26. The van der Waals surface area contributed by atoms with Crippen molar-refractivity contribution in [1.29, 1.82) is 0 Å². The molecule has 1 saturated heterocycles. The van der Waals surface area contributed by atoms with Gasteiger partial charge in [0.1, 0.15) is 5.60 Å². The summed E-state index contributed by atoms with van der Waals surface area (Å²) in [5.41, 5.74) is 0.652. The molecule has 1 amide bonds. The zero-order valence-electron chi connectivity index (χ0n) is 14.1. The van der Waals surface area contributed by atoms with E-state index in [0.29, 0.717) is 22.6 Å². The Morgan fingerprint density at radius 2 is 2.04 bits per heavy atom. The van der Waals surface area contributed by atoms with Gasteiger partial charge in [-0.05, 0) is 51.9 Å². The maximum absolute atomic E-state index is 12.1. The Balaban J connectivity index is 1.90. The zero-order chi connectivity index (χ0) is 17.2. The van der Waals surface area contributed by atoms with Crippen LogP contribution in [0.25, 0.3) is 0 Å².